The van der Waals surface area contributed by atoms with Gasteiger partial charge in [-0.25, -0.2) is 4.98 Å². The molecule has 3 rings (SSSR count). The van der Waals surface area contributed by atoms with E-state index in [1.165, 1.54) is 0 Å². The predicted octanol–water partition coefficient (Wildman–Crippen LogP) is 4.40. The van der Waals surface area contributed by atoms with E-state index in [4.69, 9.17) is 11.6 Å². The average molecular weight is 255 g/mol. The minimum absolute atomic E-state index is 0.730. The fraction of sp³-hybridized carbons (Fsp3) is 0. The highest BCUT2D eigenvalue weighted by atomic mass is 35.5. The van der Waals surface area contributed by atoms with Crippen LogP contribution in [0.5, 0.6) is 0 Å². The van der Waals surface area contributed by atoms with Crippen molar-refractivity contribution in [3.05, 3.63) is 65.8 Å². The largest absolute Gasteiger partial charge is 0.344 e. The van der Waals surface area contributed by atoms with Crippen LogP contribution in [0.25, 0.3) is 22.6 Å². The first-order chi connectivity index (χ1) is 8.83. The first-order valence-corrected chi connectivity index (χ1v) is 6.07. The maximum Gasteiger partial charge on any atom is 0.138 e. The molecule has 2 aromatic carbocycles. The molecule has 3 heteroatoms. The Bertz CT molecular complexity index is 642. The third-order valence-electron chi connectivity index (χ3n) is 2.77. The van der Waals surface area contributed by atoms with Crippen molar-refractivity contribution in [2.75, 3.05) is 0 Å². The van der Waals surface area contributed by atoms with Crippen LogP contribution in [-0.4, -0.2) is 9.97 Å². The van der Waals surface area contributed by atoms with E-state index in [0.29, 0.717) is 0 Å². The lowest BCUT2D eigenvalue weighted by molar-refractivity contribution is 1.31. The molecule has 18 heavy (non-hydrogen) atoms. The van der Waals surface area contributed by atoms with Crippen LogP contribution in [0.15, 0.2) is 60.8 Å². The molecule has 0 fully saturated rings. The number of rotatable bonds is 2. The average Bonchev–Trinajstić information content (AvgIpc) is 2.90. The first kappa shape index (κ1) is 11.1. The van der Waals surface area contributed by atoms with Gasteiger partial charge in [-0.1, -0.05) is 41.9 Å². The zero-order valence-corrected chi connectivity index (χ0v) is 10.4. The van der Waals surface area contributed by atoms with Crippen molar-refractivity contribution in [3.63, 3.8) is 0 Å². The monoisotopic (exact) mass is 254 g/mol. The lowest BCUT2D eigenvalue weighted by atomic mass is 10.2. The fourth-order valence-corrected chi connectivity index (χ4v) is 1.96. The highest BCUT2D eigenvalue weighted by molar-refractivity contribution is 6.30. The molecule has 2 nitrogen and oxygen atoms in total. The summed E-state index contributed by atoms with van der Waals surface area (Å²) in [6.07, 6.45) is 1.92. The summed E-state index contributed by atoms with van der Waals surface area (Å²) in [6, 6.07) is 17.7. The molecule has 0 saturated carbocycles. The number of benzene rings is 2. The summed E-state index contributed by atoms with van der Waals surface area (Å²) in [5.41, 5.74) is 3.08. The van der Waals surface area contributed by atoms with E-state index in [1.54, 1.807) is 0 Å². The van der Waals surface area contributed by atoms with Crippen LogP contribution in [0, 0.1) is 0 Å². The van der Waals surface area contributed by atoms with Crippen LogP contribution in [0.3, 0.4) is 0 Å². The number of nitrogens with zero attached hydrogens (tertiary/aromatic N) is 1. The van der Waals surface area contributed by atoms with Crippen molar-refractivity contribution in [1.82, 2.24) is 9.97 Å². The van der Waals surface area contributed by atoms with Crippen LogP contribution in [0.2, 0.25) is 5.02 Å². The second-order valence-electron chi connectivity index (χ2n) is 4.01. The zero-order chi connectivity index (χ0) is 12.4. The van der Waals surface area contributed by atoms with Gasteiger partial charge in [0.25, 0.3) is 0 Å². The number of hydrogen-bond donors (Lipinski definition) is 1. The van der Waals surface area contributed by atoms with Crippen LogP contribution >= 0.6 is 11.6 Å². The van der Waals surface area contributed by atoms with Gasteiger partial charge in [0.1, 0.15) is 5.82 Å². The second-order valence-corrected chi connectivity index (χ2v) is 4.44. The lowest BCUT2D eigenvalue weighted by Crippen LogP contribution is -1.80. The summed E-state index contributed by atoms with van der Waals surface area (Å²) in [5, 5.41) is 0.730. The molecule has 0 unspecified atom stereocenters. The molecule has 0 aliphatic rings. The molecule has 0 atom stereocenters. The number of halogens is 1. The zero-order valence-electron chi connectivity index (χ0n) is 9.60. The van der Waals surface area contributed by atoms with Crippen LogP contribution in [-0.2, 0) is 0 Å². The van der Waals surface area contributed by atoms with E-state index < -0.39 is 0 Å². The summed E-state index contributed by atoms with van der Waals surface area (Å²) in [6.45, 7) is 0. The number of aromatic amines is 1. The maximum absolute atomic E-state index is 5.87. The van der Waals surface area contributed by atoms with Crippen molar-refractivity contribution >= 4 is 11.6 Å². The highest BCUT2D eigenvalue weighted by Crippen LogP contribution is 2.22. The molecule has 0 radical (unpaired) electrons. The Balaban J connectivity index is 1.97. The third-order valence-corrected chi connectivity index (χ3v) is 3.02. The number of imidazole rings is 1. The quantitative estimate of drug-likeness (QED) is 0.722. The van der Waals surface area contributed by atoms with E-state index in [0.717, 1.165) is 27.7 Å². The SMILES string of the molecule is Clc1ccc(-c2nc(-c3ccccc3)c[nH]2)cc1. The van der Waals surface area contributed by atoms with Crippen LogP contribution in [0.4, 0.5) is 0 Å². The second kappa shape index (κ2) is 4.67. The molecule has 1 N–H and O–H groups in total. The minimum atomic E-state index is 0.730. The van der Waals surface area contributed by atoms with Gasteiger partial charge in [-0.3, -0.25) is 0 Å². The summed E-state index contributed by atoms with van der Waals surface area (Å²) < 4.78 is 0. The van der Waals surface area contributed by atoms with Crippen molar-refractivity contribution in [2.24, 2.45) is 0 Å². The normalized spacial score (nSPS) is 10.5. The van der Waals surface area contributed by atoms with Gasteiger partial charge < -0.3 is 4.98 Å². The highest BCUT2D eigenvalue weighted by Gasteiger charge is 2.05. The van der Waals surface area contributed by atoms with Crippen LogP contribution in [0.1, 0.15) is 0 Å². The van der Waals surface area contributed by atoms with Crippen LogP contribution < -0.4 is 0 Å². The molecule has 0 amide bonds. The number of H-pyrrole nitrogens is 1. The number of nitrogens with one attached hydrogen (secondary N) is 1. The molecular weight excluding hydrogens is 244 g/mol. The third kappa shape index (κ3) is 2.15. The molecule has 0 aliphatic carbocycles. The van der Waals surface area contributed by atoms with E-state index >= 15 is 0 Å². The Labute approximate surface area is 110 Å². The summed E-state index contributed by atoms with van der Waals surface area (Å²) in [4.78, 5) is 7.77. The Kier molecular flexibility index (Phi) is 2.87. The molecule has 0 aliphatic heterocycles. The van der Waals surface area contributed by atoms with Gasteiger partial charge in [-0.05, 0) is 24.3 Å². The first-order valence-electron chi connectivity index (χ1n) is 5.70. The van der Waals surface area contributed by atoms with Gasteiger partial charge in [0.15, 0.2) is 0 Å². The number of hydrogen-bond acceptors (Lipinski definition) is 1. The molecule has 3 aromatic rings. The molecule has 88 valence electrons. The topological polar surface area (TPSA) is 28.7 Å². The predicted molar refractivity (Wildman–Crippen MR) is 74.5 cm³/mol. The van der Waals surface area contributed by atoms with Crippen molar-refractivity contribution < 1.29 is 0 Å². The van der Waals surface area contributed by atoms with Gasteiger partial charge in [-0.15, -0.1) is 0 Å². The van der Waals surface area contributed by atoms with E-state index in [-0.39, 0.29) is 0 Å². The Morgan fingerprint density at radius 2 is 1.56 bits per heavy atom. The fourth-order valence-electron chi connectivity index (χ4n) is 1.83. The lowest BCUT2D eigenvalue weighted by Gasteiger charge is -1.96. The molecule has 1 heterocycles. The standard InChI is InChI=1S/C15H11ClN2/c16-13-8-6-12(7-9-13)15-17-10-14(18-15)11-4-2-1-3-5-11/h1-10H,(H,17,18). The molecule has 1 aromatic heterocycles. The van der Waals surface area contributed by atoms with Crippen molar-refractivity contribution in [1.29, 1.82) is 0 Å². The molecular formula is C15H11ClN2. The molecule has 0 spiro atoms. The van der Waals surface area contributed by atoms with Gasteiger partial charge in [0.2, 0.25) is 0 Å². The smallest absolute Gasteiger partial charge is 0.138 e. The minimum Gasteiger partial charge on any atom is -0.344 e. The van der Waals surface area contributed by atoms with Crippen molar-refractivity contribution in [2.45, 2.75) is 0 Å². The van der Waals surface area contributed by atoms with E-state index in [1.807, 2.05) is 60.8 Å². The Morgan fingerprint density at radius 1 is 0.833 bits per heavy atom. The van der Waals surface area contributed by atoms with Crippen molar-refractivity contribution in [3.8, 4) is 22.6 Å². The molecule has 0 bridgehead atoms. The van der Waals surface area contributed by atoms with Gasteiger partial charge in [0, 0.05) is 22.3 Å². The Hall–Kier alpha value is -2.06. The summed E-state index contributed by atoms with van der Waals surface area (Å²) >= 11 is 5.87. The summed E-state index contributed by atoms with van der Waals surface area (Å²) in [5.74, 6) is 0.852. The van der Waals surface area contributed by atoms with Gasteiger partial charge in [0.05, 0.1) is 5.69 Å². The number of aromatic nitrogens is 2. The van der Waals surface area contributed by atoms with E-state index in [2.05, 4.69) is 9.97 Å². The van der Waals surface area contributed by atoms with Gasteiger partial charge >= 0.3 is 0 Å². The van der Waals surface area contributed by atoms with Gasteiger partial charge in [-0.2, -0.15) is 0 Å². The Morgan fingerprint density at radius 3 is 2.28 bits per heavy atom. The molecule has 0 saturated heterocycles. The summed E-state index contributed by atoms with van der Waals surface area (Å²) in [7, 11) is 0. The van der Waals surface area contributed by atoms with E-state index in [9.17, 15) is 0 Å². The maximum atomic E-state index is 5.87.